The summed E-state index contributed by atoms with van der Waals surface area (Å²) in [5.41, 5.74) is 0. The van der Waals surface area contributed by atoms with E-state index in [1.807, 2.05) is 11.8 Å². The van der Waals surface area contributed by atoms with Gasteiger partial charge < -0.3 is 14.4 Å². The molecule has 22 heavy (non-hydrogen) atoms. The van der Waals surface area contributed by atoms with Crippen molar-refractivity contribution < 1.29 is 14.3 Å². The molecule has 1 amide bonds. The molecule has 2 fully saturated rings. The predicted molar refractivity (Wildman–Crippen MR) is 87.9 cm³/mol. The fraction of sp³-hybridized carbons (Fsp3) is 0.944. The van der Waals surface area contributed by atoms with Gasteiger partial charge in [-0.2, -0.15) is 0 Å². The van der Waals surface area contributed by atoms with Crippen LogP contribution in [0.15, 0.2) is 0 Å². The molecule has 0 aromatic heterocycles. The molecule has 0 aromatic carbocycles. The summed E-state index contributed by atoms with van der Waals surface area (Å²) in [6.45, 7) is 7.66. The first kappa shape index (κ1) is 17.7. The Kier molecular flexibility index (Phi) is 7.16. The summed E-state index contributed by atoms with van der Waals surface area (Å²) in [4.78, 5) is 14.9. The predicted octanol–water partition coefficient (Wildman–Crippen LogP) is 3.53. The lowest BCUT2D eigenvalue weighted by Crippen LogP contribution is -2.51. The van der Waals surface area contributed by atoms with Gasteiger partial charge >= 0.3 is 0 Å². The zero-order chi connectivity index (χ0) is 15.9. The van der Waals surface area contributed by atoms with Crippen molar-refractivity contribution in [2.45, 2.75) is 96.4 Å². The van der Waals surface area contributed by atoms with Crippen LogP contribution in [0.3, 0.4) is 0 Å². The molecule has 0 radical (unpaired) electrons. The Morgan fingerprint density at radius 3 is 2.14 bits per heavy atom. The van der Waals surface area contributed by atoms with Gasteiger partial charge in [-0.25, -0.2) is 0 Å². The summed E-state index contributed by atoms with van der Waals surface area (Å²) in [5.74, 6) is 0.158. The van der Waals surface area contributed by atoms with E-state index in [4.69, 9.17) is 9.47 Å². The Hall–Kier alpha value is -0.610. The van der Waals surface area contributed by atoms with Crippen LogP contribution < -0.4 is 0 Å². The number of nitrogens with zero attached hydrogens (tertiary/aromatic N) is 1. The maximum atomic E-state index is 12.9. The summed E-state index contributed by atoms with van der Waals surface area (Å²) in [5, 5.41) is 0. The van der Waals surface area contributed by atoms with E-state index in [0.29, 0.717) is 6.04 Å². The summed E-state index contributed by atoms with van der Waals surface area (Å²) < 4.78 is 11.6. The van der Waals surface area contributed by atoms with Gasteiger partial charge in [-0.05, 0) is 46.5 Å². The average molecular weight is 311 g/mol. The van der Waals surface area contributed by atoms with Crippen molar-refractivity contribution in [3.05, 3.63) is 0 Å². The lowest BCUT2D eigenvalue weighted by molar-refractivity contribution is -0.153. The van der Waals surface area contributed by atoms with Gasteiger partial charge in [0, 0.05) is 25.3 Å². The molecule has 2 rings (SSSR count). The second kappa shape index (κ2) is 8.88. The number of rotatable bonds is 5. The first-order valence-electron chi connectivity index (χ1n) is 9.15. The van der Waals surface area contributed by atoms with E-state index in [-0.39, 0.29) is 24.2 Å². The monoisotopic (exact) mass is 311 g/mol. The maximum absolute atomic E-state index is 12.9. The van der Waals surface area contributed by atoms with E-state index in [1.165, 1.54) is 25.7 Å². The standard InChI is InChI=1S/C18H33NO3/c1-14(2)19(16-10-12-21-13-11-16)18(20)15(3)22-17-8-6-4-5-7-9-17/h14-17H,4-13H2,1-3H3. The topological polar surface area (TPSA) is 38.8 Å². The van der Waals surface area contributed by atoms with Crippen LogP contribution >= 0.6 is 0 Å². The van der Waals surface area contributed by atoms with Crippen LogP contribution in [0.2, 0.25) is 0 Å². The van der Waals surface area contributed by atoms with Crippen molar-refractivity contribution in [3.8, 4) is 0 Å². The Bertz CT molecular complexity index is 331. The minimum atomic E-state index is -0.326. The van der Waals surface area contributed by atoms with Gasteiger partial charge in [0.25, 0.3) is 5.91 Å². The molecule has 1 aliphatic heterocycles. The molecule has 0 bridgehead atoms. The molecular weight excluding hydrogens is 278 g/mol. The zero-order valence-corrected chi connectivity index (χ0v) is 14.6. The average Bonchev–Trinajstić information content (AvgIpc) is 2.76. The van der Waals surface area contributed by atoms with Crippen molar-refractivity contribution in [2.75, 3.05) is 13.2 Å². The smallest absolute Gasteiger partial charge is 0.251 e. The molecular formula is C18H33NO3. The van der Waals surface area contributed by atoms with Crippen molar-refractivity contribution in [1.82, 2.24) is 4.90 Å². The van der Waals surface area contributed by atoms with Crippen molar-refractivity contribution in [1.29, 1.82) is 0 Å². The van der Waals surface area contributed by atoms with Gasteiger partial charge in [0.1, 0.15) is 6.10 Å². The first-order valence-corrected chi connectivity index (χ1v) is 9.15. The Morgan fingerprint density at radius 2 is 1.59 bits per heavy atom. The number of ether oxygens (including phenoxy) is 2. The van der Waals surface area contributed by atoms with E-state index >= 15 is 0 Å². The van der Waals surface area contributed by atoms with Crippen LogP contribution in [0.1, 0.15) is 72.1 Å². The van der Waals surface area contributed by atoms with Crippen molar-refractivity contribution in [2.24, 2.45) is 0 Å². The zero-order valence-electron chi connectivity index (χ0n) is 14.6. The normalized spacial score (nSPS) is 23.3. The molecule has 1 saturated heterocycles. The molecule has 1 atom stereocenters. The number of hydrogen-bond acceptors (Lipinski definition) is 3. The molecule has 1 aliphatic carbocycles. The van der Waals surface area contributed by atoms with Crippen LogP contribution in [0.5, 0.6) is 0 Å². The van der Waals surface area contributed by atoms with E-state index in [1.54, 1.807) is 0 Å². The van der Waals surface area contributed by atoms with E-state index < -0.39 is 0 Å². The van der Waals surface area contributed by atoms with E-state index in [2.05, 4.69) is 13.8 Å². The second-order valence-corrected chi connectivity index (χ2v) is 7.07. The minimum absolute atomic E-state index is 0.158. The van der Waals surface area contributed by atoms with Crippen LogP contribution in [-0.2, 0) is 14.3 Å². The Morgan fingerprint density at radius 1 is 1.00 bits per heavy atom. The molecule has 1 saturated carbocycles. The van der Waals surface area contributed by atoms with Gasteiger partial charge in [0.2, 0.25) is 0 Å². The van der Waals surface area contributed by atoms with Crippen LogP contribution in [0.25, 0.3) is 0 Å². The first-order chi connectivity index (χ1) is 10.6. The highest BCUT2D eigenvalue weighted by atomic mass is 16.5. The fourth-order valence-electron chi connectivity index (χ4n) is 3.75. The summed E-state index contributed by atoms with van der Waals surface area (Å²) in [6, 6.07) is 0.525. The molecule has 2 aliphatic rings. The molecule has 1 heterocycles. The summed E-state index contributed by atoms with van der Waals surface area (Å²) in [6.07, 6.45) is 9.13. The third-order valence-corrected chi connectivity index (χ3v) is 4.94. The summed E-state index contributed by atoms with van der Waals surface area (Å²) in [7, 11) is 0. The lowest BCUT2D eigenvalue weighted by atomic mass is 10.0. The highest BCUT2D eigenvalue weighted by molar-refractivity contribution is 5.81. The van der Waals surface area contributed by atoms with Gasteiger partial charge in [0.05, 0.1) is 6.10 Å². The highest BCUT2D eigenvalue weighted by Crippen LogP contribution is 2.23. The second-order valence-electron chi connectivity index (χ2n) is 7.07. The number of carbonyl (C=O) groups excluding carboxylic acids is 1. The third kappa shape index (κ3) is 4.95. The molecule has 0 spiro atoms. The quantitative estimate of drug-likeness (QED) is 0.729. The van der Waals surface area contributed by atoms with Crippen molar-refractivity contribution in [3.63, 3.8) is 0 Å². The van der Waals surface area contributed by atoms with Gasteiger partial charge in [-0.15, -0.1) is 0 Å². The lowest BCUT2D eigenvalue weighted by Gasteiger charge is -2.39. The molecule has 4 nitrogen and oxygen atoms in total. The van der Waals surface area contributed by atoms with Gasteiger partial charge in [-0.3, -0.25) is 4.79 Å². The summed E-state index contributed by atoms with van der Waals surface area (Å²) >= 11 is 0. The van der Waals surface area contributed by atoms with Crippen molar-refractivity contribution >= 4 is 5.91 Å². The maximum Gasteiger partial charge on any atom is 0.251 e. The molecule has 0 N–H and O–H groups in total. The van der Waals surface area contributed by atoms with E-state index in [9.17, 15) is 4.79 Å². The Labute approximate surface area is 135 Å². The van der Waals surface area contributed by atoms with Gasteiger partial charge in [-0.1, -0.05) is 25.7 Å². The number of carbonyl (C=O) groups is 1. The van der Waals surface area contributed by atoms with Crippen LogP contribution in [0.4, 0.5) is 0 Å². The van der Waals surface area contributed by atoms with Gasteiger partial charge in [0.15, 0.2) is 0 Å². The molecule has 1 unspecified atom stereocenters. The van der Waals surface area contributed by atoms with Crippen LogP contribution in [-0.4, -0.2) is 48.3 Å². The highest BCUT2D eigenvalue weighted by Gasteiger charge is 2.32. The molecule has 0 aromatic rings. The number of amides is 1. The SMILES string of the molecule is CC(OC1CCCCCC1)C(=O)N(C(C)C)C1CCOCC1. The van der Waals surface area contributed by atoms with E-state index in [0.717, 1.165) is 38.9 Å². The largest absolute Gasteiger partial charge is 0.381 e. The fourth-order valence-corrected chi connectivity index (χ4v) is 3.75. The molecule has 4 heteroatoms. The number of hydrogen-bond donors (Lipinski definition) is 0. The third-order valence-electron chi connectivity index (χ3n) is 4.94. The minimum Gasteiger partial charge on any atom is -0.381 e. The molecule has 128 valence electrons. The Balaban J connectivity index is 1.93. The van der Waals surface area contributed by atoms with Crippen LogP contribution in [0, 0.1) is 0 Å².